The molecule has 0 aliphatic heterocycles. The summed E-state index contributed by atoms with van der Waals surface area (Å²) in [6, 6.07) is 9.18. The first kappa shape index (κ1) is 20.0. The normalized spacial score (nSPS) is 11.0. The molecule has 7 nitrogen and oxygen atoms in total. The molecule has 27 heavy (non-hydrogen) atoms. The highest BCUT2D eigenvalue weighted by Crippen LogP contribution is 2.30. The lowest BCUT2D eigenvalue weighted by Gasteiger charge is -2.14. The van der Waals surface area contributed by atoms with E-state index < -0.39 is 29.3 Å². The molecule has 0 radical (unpaired) electrons. The highest BCUT2D eigenvalue weighted by atomic mass is 19.4. The summed E-state index contributed by atoms with van der Waals surface area (Å²) in [6.45, 7) is 0.340. The van der Waals surface area contributed by atoms with Gasteiger partial charge in [0.2, 0.25) is 0 Å². The number of halogens is 3. The lowest BCUT2D eigenvalue weighted by molar-refractivity contribution is -0.385. The zero-order valence-corrected chi connectivity index (χ0v) is 14.1. The maximum atomic E-state index is 12.4. The average molecular weight is 384 g/mol. The Balaban J connectivity index is 2.23. The number of benzene rings is 2. The summed E-state index contributed by atoms with van der Waals surface area (Å²) >= 11 is 0. The van der Waals surface area contributed by atoms with Crippen molar-refractivity contribution >= 4 is 17.3 Å². The standard InChI is InChI=1S/C17H15F3N2O5/c1-2-26-15-8-7-11(9-13(15)22(24)25)16(23)21-12-5-3-4-6-14(12)27-10-17(18,19)20/h3-9H,2,10H2,1H3,(H,21,23). The summed E-state index contributed by atoms with van der Waals surface area (Å²) in [7, 11) is 0. The van der Waals surface area contributed by atoms with E-state index in [1.165, 1.54) is 36.4 Å². The van der Waals surface area contributed by atoms with Crippen molar-refractivity contribution in [3.05, 3.63) is 58.1 Å². The van der Waals surface area contributed by atoms with Gasteiger partial charge in [0.15, 0.2) is 12.4 Å². The Morgan fingerprint density at radius 3 is 2.48 bits per heavy atom. The first-order chi connectivity index (χ1) is 12.7. The van der Waals surface area contributed by atoms with E-state index in [2.05, 4.69) is 10.1 Å². The number of hydrogen-bond acceptors (Lipinski definition) is 5. The van der Waals surface area contributed by atoms with Gasteiger partial charge in [0.05, 0.1) is 17.2 Å². The van der Waals surface area contributed by atoms with Crippen LogP contribution in [0.3, 0.4) is 0 Å². The fourth-order valence-corrected chi connectivity index (χ4v) is 2.13. The van der Waals surface area contributed by atoms with E-state index in [1.807, 2.05) is 0 Å². The molecule has 1 amide bonds. The number of rotatable bonds is 7. The topological polar surface area (TPSA) is 90.7 Å². The smallest absolute Gasteiger partial charge is 0.422 e. The molecule has 2 aromatic carbocycles. The molecule has 0 saturated heterocycles. The van der Waals surface area contributed by atoms with Gasteiger partial charge in [-0.1, -0.05) is 12.1 Å². The minimum Gasteiger partial charge on any atom is -0.487 e. The van der Waals surface area contributed by atoms with Gasteiger partial charge in [-0.05, 0) is 31.2 Å². The van der Waals surface area contributed by atoms with Gasteiger partial charge in [-0.3, -0.25) is 14.9 Å². The van der Waals surface area contributed by atoms with Gasteiger partial charge >= 0.3 is 11.9 Å². The second kappa shape index (κ2) is 8.39. The van der Waals surface area contributed by atoms with Crippen molar-refractivity contribution in [2.75, 3.05) is 18.5 Å². The van der Waals surface area contributed by atoms with Crippen molar-refractivity contribution in [2.45, 2.75) is 13.1 Å². The number of carbonyl (C=O) groups excluding carboxylic acids is 1. The minimum atomic E-state index is -4.53. The number of hydrogen-bond donors (Lipinski definition) is 1. The highest BCUT2D eigenvalue weighted by molar-refractivity contribution is 6.05. The van der Waals surface area contributed by atoms with Gasteiger partial charge in [-0.25, -0.2) is 0 Å². The van der Waals surface area contributed by atoms with Crippen LogP contribution in [0.15, 0.2) is 42.5 Å². The summed E-state index contributed by atoms with van der Waals surface area (Å²) in [4.78, 5) is 22.8. The molecule has 0 spiro atoms. The van der Waals surface area contributed by atoms with Gasteiger partial charge in [0.1, 0.15) is 5.75 Å². The van der Waals surface area contributed by atoms with Crippen LogP contribution in [-0.2, 0) is 0 Å². The number of ether oxygens (including phenoxy) is 2. The van der Waals surface area contributed by atoms with Crippen LogP contribution in [0.2, 0.25) is 0 Å². The quantitative estimate of drug-likeness (QED) is 0.571. The molecule has 2 rings (SSSR count). The average Bonchev–Trinajstić information content (AvgIpc) is 2.60. The molecule has 10 heteroatoms. The van der Waals surface area contributed by atoms with Crippen LogP contribution >= 0.6 is 0 Å². The molecule has 144 valence electrons. The Labute approximate surface area is 151 Å². The van der Waals surface area contributed by atoms with Gasteiger partial charge < -0.3 is 14.8 Å². The van der Waals surface area contributed by atoms with Gasteiger partial charge in [-0.15, -0.1) is 0 Å². The lowest BCUT2D eigenvalue weighted by Crippen LogP contribution is -2.20. The zero-order valence-electron chi connectivity index (χ0n) is 14.1. The zero-order chi connectivity index (χ0) is 20.0. The van der Waals surface area contributed by atoms with Crippen molar-refractivity contribution in [1.82, 2.24) is 0 Å². The summed E-state index contributed by atoms with van der Waals surface area (Å²) in [6.07, 6.45) is -4.53. The maximum Gasteiger partial charge on any atom is 0.422 e. The Kier molecular flexibility index (Phi) is 6.22. The van der Waals surface area contributed by atoms with E-state index in [4.69, 9.17) is 4.74 Å². The van der Waals surface area contributed by atoms with E-state index in [-0.39, 0.29) is 29.4 Å². The Hall–Kier alpha value is -3.30. The first-order valence-electron chi connectivity index (χ1n) is 7.72. The number of nitrogens with zero attached hydrogens (tertiary/aromatic N) is 1. The third kappa shape index (κ3) is 5.59. The molecule has 0 atom stereocenters. The third-order valence-corrected chi connectivity index (χ3v) is 3.24. The van der Waals surface area contributed by atoms with Crippen LogP contribution in [0.5, 0.6) is 11.5 Å². The predicted molar refractivity (Wildman–Crippen MR) is 90.2 cm³/mol. The van der Waals surface area contributed by atoms with E-state index in [0.29, 0.717) is 0 Å². The summed E-state index contributed by atoms with van der Waals surface area (Å²) < 4.78 is 46.8. The molecular formula is C17H15F3N2O5. The molecule has 0 fully saturated rings. The predicted octanol–water partition coefficient (Wildman–Crippen LogP) is 4.19. The van der Waals surface area contributed by atoms with Crippen molar-refractivity contribution in [3.8, 4) is 11.5 Å². The second-order valence-electron chi connectivity index (χ2n) is 5.23. The number of alkyl halides is 3. The van der Waals surface area contributed by atoms with Crippen LogP contribution in [0.4, 0.5) is 24.5 Å². The van der Waals surface area contributed by atoms with Crippen LogP contribution in [-0.4, -0.2) is 30.2 Å². The third-order valence-electron chi connectivity index (χ3n) is 3.24. The molecule has 0 saturated carbocycles. The minimum absolute atomic E-state index is 0.00304. The van der Waals surface area contributed by atoms with Crippen LogP contribution in [0, 0.1) is 10.1 Å². The summed E-state index contributed by atoms with van der Waals surface area (Å²) in [5, 5.41) is 13.5. The molecule has 0 aliphatic rings. The number of anilines is 1. The Morgan fingerprint density at radius 1 is 1.15 bits per heavy atom. The first-order valence-corrected chi connectivity index (χ1v) is 7.72. The molecule has 1 N–H and O–H groups in total. The number of nitro groups is 1. The van der Waals surface area contributed by atoms with Crippen LogP contribution in [0.25, 0.3) is 0 Å². The van der Waals surface area contributed by atoms with Crippen molar-refractivity contribution in [1.29, 1.82) is 0 Å². The molecule has 0 aliphatic carbocycles. The van der Waals surface area contributed by atoms with Crippen LogP contribution < -0.4 is 14.8 Å². The molecule has 2 aromatic rings. The molecule has 0 bridgehead atoms. The molecule has 0 unspecified atom stereocenters. The number of carbonyl (C=O) groups is 1. The fourth-order valence-electron chi connectivity index (χ4n) is 2.13. The monoisotopic (exact) mass is 384 g/mol. The number of amides is 1. The number of para-hydroxylation sites is 2. The lowest BCUT2D eigenvalue weighted by atomic mass is 10.1. The summed E-state index contributed by atoms with van der Waals surface area (Å²) in [5.41, 5.74) is -0.454. The van der Waals surface area contributed by atoms with E-state index in [1.54, 1.807) is 6.92 Å². The van der Waals surface area contributed by atoms with Crippen molar-refractivity contribution in [2.24, 2.45) is 0 Å². The van der Waals surface area contributed by atoms with E-state index in [9.17, 15) is 28.1 Å². The van der Waals surface area contributed by atoms with Crippen molar-refractivity contribution < 1.29 is 32.4 Å². The summed E-state index contributed by atoms with van der Waals surface area (Å²) in [5.74, 6) is -0.916. The Morgan fingerprint density at radius 2 is 1.85 bits per heavy atom. The van der Waals surface area contributed by atoms with E-state index >= 15 is 0 Å². The molecular weight excluding hydrogens is 369 g/mol. The number of nitrogens with one attached hydrogen (secondary N) is 1. The van der Waals surface area contributed by atoms with Crippen molar-refractivity contribution in [3.63, 3.8) is 0 Å². The molecule has 0 heterocycles. The highest BCUT2D eigenvalue weighted by Gasteiger charge is 2.29. The SMILES string of the molecule is CCOc1ccc(C(=O)Nc2ccccc2OCC(F)(F)F)cc1[N+](=O)[O-]. The number of nitro benzene ring substituents is 1. The van der Waals surface area contributed by atoms with Crippen LogP contribution in [0.1, 0.15) is 17.3 Å². The fraction of sp³-hybridized carbons (Fsp3) is 0.235. The van der Waals surface area contributed by atoms with Gasteiger partial charge in [-0.2, -0.15) is 13.2 Å². The maximum absolute atomic E-state index is 12.4. The molecule has 0 aromatic heterocycles. The van der Waals surface area contributed by atoms with Gasteiger partial charge in [0, 0.05) is 11.6 Å². The van der Waals surface area contributed by atoms with Gasteiger partial charge in [0.25, 0.3) is 5.91 Å². The van der Waals surface area contributed by atoms with E-state index in [0.717, 1.165) is 6.07 Å². The second-order valence-corrected chi connectivity index (χ2v) is 5.23. The Bertz CT molecular complexity index is 840. The largest absolute Gasteiger partial charge is 0.487 e.